The van der Waals surface area contributed by atoms with E-state index >= 15 is 0 Å². The molecule has 4 heteroatoms. The van der Waals surface area contributed by atoms with Gasteiger partial charge >= 0.3 is 6.09 Å². The van der Waals surface area contributed by atoms with Crippen LogP contribution in [0.25, 0.3) is 0 Å². The molecule has 1 aliphatic heterocycles. The molecule has 23 heavy (non-hydrogen) atoms. The summed E-state index contributed by atoms with van der Waals surface area (Å²) in [5, 5.41) is 3.71. The van der Waals surface area contributed by atoms with Gasteiger partial charge in [0.15, 0.2) is 0 Å². The lowest BCUT2D eigenvalue weighted by Gasteiger charge is -2.30. The summed E-state index contributed by atoms with van der Waals surface area (Å²) < 4.78 is 5.54. The summed E-state index contributed by atoms with van der Waals surface area (Å²) in [4.78, 5) is 14.2. The highest BCUT2D eigenvalue weighted by Crippen LogP contribution is 2.27. The quantitative estimate of drug-likeness (QED) is 0.818. The summed E-state index contributed by atoms with van der Waals surface area (Å²) in [6.07, 6.45) is 10.1. The van der Waals surface area contributed by atoms with Gasteiger partial charge in [-0.1, -0.05) is 19.3 Å². The van der Waals surface area contributed by atoms with Crippen molar-refractivity contribution in [2.24, 2.45) is 5.92 Å². The average molecular weight is 325 g/mol. The van der Waals surface area contributed by atoms with Crippen LogP contribution in [0.2, 0.25) is 0 Å². The predicted molar refractivity (Wildman–Crippen MR) is 94.6 cm³/mol. The first kappa shape index (κ1) is 18.6. The molecule has 2 unspecified atom stereocenters. The second-order valence-corrected chi connectivity index (χ2v) is 8.40. The molecule has 1 amide bonds. The third kappa shape index (κ3) is 5.98. The minimum atomic E-state index is -0.405. The zero-order valence-electron chi connectivity index (χ0n) is 15.6. The fourth-order valence-corrected chi connectivity index (χ4v) is 3.98. The molecule has 1 heterocycles. The first-order valence-corrected chi connectivity index (χ1v) is 9.60. The maximum absolute atomic E-state index is 12.3. The Hall–Kier alpha value is -0.770. The molecule has 2 atom stereocenters. The SMILES string of the molecule is CC(NCCC1CCCN1C(=O)OC(C)(C)C)C1CCCCC1. The lowest BCUT2D eigenvalue weighted by Crippen LogP contribution is -2.42. The van der Waals surface area contributed by atoms with Crippen molar-refractivity contribution in [2.75, 3.05) is 13.1 Å². The van der Waals surface area contributed by atoms with Crippen molar-refractivity contribution in [1.82, 2.24) is 10.2 Å². The number of hydrogen-bond acceptors (Lipinski definition) is 3. The van der Waals surface area contributed by atoms with Crippen LogP contribution in [-0.2, 0) is 4.74 Å². The molecule has 1 saturated carbocycles. The Kier molecular flexibility index (Phi) is 6.75. The van der Waals surface area contributed by atoms with Gasteiger partial charge in [-0.25, -0.2) is 4.79 Å². The van der Waals surface area contributed by atoms with Gasteiger partial charge in [0.25, 0.3) is 0 Å². The lowest BCUT2D eigenvalue weighted by molar-refractivity contribution is 0.0220. The molecule has 0 aromatic carbocycles. The summed E-state index contributed by atoms with van der Waals surface area (Å²) in [5.74, 6) is 0.842. The number of likely N-dealkylation sites (tertiary alicyclic amines) is 1. The molecular weight excluding hydrogens is 288 g/mol. The van der Waals surface area contributed by atoms with Crippen LogP contribution in [0.4, 0.5) is 4.79 Å². The van der Waals surface area contributed by atoms with Crippen LogP contribution in [0.15, 0.2) is 0 Å². The van der Waals surface area contributed by atoms with E-state index in [1.807, 2.05) is 25.7 Å². The van der Waals surface area contributed by atoms with E-state index in [4.69, 9.17) is 4.74 Å². The zero-order valence-corrected chi connectivity index (χ0v) is 15.6. The number of nitrogens with zero attached hydrogens (tertiary/aromatic N) is 1. The van der Waals surface area contributed by atoms with Crippen LogP contribution in [-0.4, -0.2) is 41.8 Å². The average Bonchev–Trinajstić information content (AvgIpc) is 2.95. The highest BCUT2D eigenvalue weighted by atomic mass is 16.6. The molecule has 2 rings (SSSR count). The number of amides is 1. The maximum atomic E-state index is 12.3. The van der Waals surface area contributed by atoms with Gasteiger partial charge in [-0.3, -0.25) is 0 Å². The Morgan fingerprint density at radius 2 is 1.87 bits per heavy atom. The topological polar surface area (TPSA) is 41.6 Å². The van der Waals surface area contributed by atoms with Gasteiger partial charge in [0.05, 0.1) is 0 Å². The second kappa shape index (κ2) is 8.36. The lowest BCUT2D eigenvalue weighted by atomic mass is 9.84. The van der Waals surface area contributed by atoms with Crippen LogP contribution >= 0.6 is 0 Å². The van der Waals surface area contributed by atoms with Crippen LogP contribution in [0.5, 0.6) is 0 Å². The van der Waals surface area contributed by atoms with Crippen LogP contribution < -0.4 is 5.32 Å². The fourth-order valence-electron chi connectivity index (χ4n) is 3.98. The first-order chi connectivity index (χ1) is 10.9. The van der Waals surface area contributed by atoms with Crippen molar-refractivity contribution in [3.8, 4) is 0 Å². The third-order valence-corrected chi connectivity index (χ3v) is 5.31. The minimum Gasteiger partial charge on any atom is -0.444 e. The molecule has 1 N–H and O–H groups in total. The summed E-state index contributed by atoms with van der Waals surface area (Å²) in [6, 6.07) is 0.947. The molecule has 2 aliphatic rings. The Morgan fingerprint density at radius 1 is 1.17 bits per heavy atom. The predicted octanol–water partition coefficient (Wildman–Crippen LogP) is 4.33. The van der Waals surface area contributed by atoms with Crippen molar-refractivity contribution in [2.45, 2.75) is 96.7 Å². The molecule has 0 aromatic rings. The van der Waals surface area contributed by atoms with Gasteiger partial charge < -0.3 is 15.0 Å². The van der Waals surface area contributed by atoms with E-state index in [1.54, 1.807) is 0 Å². The highest BCUT2D eigenvalue weighted by Gasteiger charge is 2.32. The monoisotopic (exact) mass is 324 g/mol. The summed E-state index contributed by atoms with van der Waals surface area (Å²) in [6.45, 7) is 9.98. The fraction of sp³-hybridized carbons (Fsp3) is 0.947. The molecule has 0 spiro atoms. The molecule has 1 aliphatic carbocycles. The highest BCUT2D eigenvalue weighted by molar-refractivity contribution is 5.68. The number of carbonyl (C=O) groups excluding carboxylic acids is 1. The number of carbonyl (C=O) groups is 1. The molecule has 134 valence electrons. The number of hydrogen-bond donors (Lipinski definition) is 1. The van der Waals surface area contributed by atoms with Crippen molar-refractivity contribution >= 4 is 6.09 Å². The Balaban J connectivity index is 1.72. The molecule has 0 aromatic heterocycles. The van der Waals surface area contributed by atoms with E-state index in [0.717, 1.165) is 38.3 Å². The largest absolute Gasteiger partial charge is 0.444 e. The molecular formula is C19H36N2O2. The molecule has 0 radical (unpaired) electrons. The first-order valence-electron chi connectivity index (χ1n) is 9.60. The van der Waals surface area contributed by atoms with Gasteiger partial charge in [0, 0.05) is 18.6 Å². The van der Waals surface area contributed by atoms with Gasteiger partial charge in [-0.05, 0) is 72.3 Å². The van der Waals surface area contributed by atoms with E-state index in [2.05, 4.69) is 12.2 Å². The van der Waals surface area contributed by atoms with Crippen LogP contribution in [0, 0.1) is 5.92 Å². The standard InChI is InChI=1S/C19H36N2O2/c1-15(16-9-6-5-7-10-16)20-13-12-17-11-8-14-21(17)18(22)23-19(2,3)4/h15-17,20H,5-14H2,1-4H3. The van der Waals surface area contributed by atoms with Crippen molar-refractivity contribution in [3.63, 3.8) is 0 Å². The Bertz CT molecular complexity index is 372. The van der Waals surface area contributed by atoms with E-state index in [9.17, 15) is 4.79 Å². The van der Waals surface area contributed by atoms with Crippen molar-refractivity contribution in [1.29, 1.82) is 0 Å². The molecule has 1 saturated heterocycles. The zero-order chi connectivity index (χ0) is 16.9. The van der Waals surface area contributed by atoms with E-state index in [0.29, 0.717) is 12.1 Å². The summed E-state index contributed by atoms with van der Waals surface area (Å²) >= 11 is 0. The van der Waals surface area contributed by atoms with E-state index < -0.39 is 5.60 Å². The minimum absolute atomic E-state index is 0.139. The summed E-state index contributed by atoms with van der Waals surface area (Å²) in [5.41, 5.74) is -0.405. The Labute approximate surface area is 142 Å². The van der Waals surface area contributed by atoms with Crippen molar-refractivity contribution < 1.29 is 9.53 Å². The number of rotatable bonds is 5. The number of ether oxygens (including phenoxy) is 1. The van der Waals surface area contributed by atoms with Crippen molar-refractivity contribution in [3.05, 3.63) is 0 Å². The summed E-state index contributed by atoms with van der Waals surface area (Å²) in [7, 11) is 0. The van der Waals surface area contributed by atoms with E-state index in [1.165, 1.54) is 32.1 Å². The second-order valence-electron chi connectivity index (χ2n) is 8.40. The maximum Gasteiger partial charge on any atom is 0.410 e. The number of nitrogens with one attached hydrogen (secondary N) is 1. The Morgan fingerprint density at radius 3 is 2.52 bits per heavy atom. The smallest absolute Gasteiger partial charge is 0.410 e. The normalized spacial score (nSPS) is 24.7. The third-order valence-electron chi connectivity index (χ3n) is 5.31. The van der Waals surface area contributed by atoms with Gasteiger partial charge in [-0.15, -0.1) is 0 Å². The van der Waals surface area contributed by atoms with Gasteiger partial charge in [0.2, 0.25) is 0 Å². The van der Waals surface area contributed by atoms with Crippen LogP contribution in [0.1, 0.15) is 79.1 Å². The molecule has 0 bridgehead atoms. The van der Waals surface area contributed by atoms with Crippen LogP contribution in [0.3, 0.4) is 0 Å². The molecule has 4 nitrogen and oxygen atoms in total. The van der Waals surface area contributed by atoms with Gasteiger partial charge in [0.1, 0.15) is 5.60 Å². The van der Waals surface area contributed by atoms with E-state index in [-0.39, 0.29) is 6.09 Å². The molecule has 2 fully saturated rings. The van der Waals surface area contributed by atoms with Gasteiger partial charge in [-0.2, -0.15) is 0 Å².